The lowest BCUT2D eigenvalue weighted by molar-refractivity contribution is 0.401. The van der Waals surface area contributed by atoms with Gasteiger partial charge in [0.25, 0.3) is 0 Å². The van der Waals surface area contributed by atoms with E-state index in [1.807, 2.05) is 0 Å². The van der Waals surface area contributed by atoms with Crippen molar-refractivity contribution >= 4 is 21.6 Å². The number of hydrogen-bond donors (Lipinski definition) is 1. The molecule has 0 aromatic heterocycles. The Balaban J connectivity index is 2.39. The molecule has 2 atom stereocenters. The Labute approximate surface area is 119 Å². The first-order valence-electron chi connectivity index (χ1n) is 6.79. The molecule has 1 fully saturated rings. The number of halogens is 1. The smallest absolute Gasteiger partial charge is 0.0429 e. The number of nitrogens with zero attached hydrogens (tertiary/aromatic N) is 1. The van der Waals surface area contributed by atoms with E-state index < -0.39 is 0 Å². The van der Waals surface area contributed by atoms with Gasteiger partial charge in [0.1, 0.15) is 0 Å². The number of rotatable bonds is 2. The maximum Gasteiger partial charge on any atom is 0.0429 e. The highest BCUT2D eigenvalue weighted by atomic mass is 79.9. The van der Waals surface area contributed by atoms with Crippen LogP contribution in [-0.2, 0) is 0 Å². The van der Waals surface area contributed by atoms with Crippen LogP contribution in [0.3, 0.4) is 0 Å². The third-order valence-corrected chi connectivity index (χ3v) is 4.29. The van der Waals surface area contributed by atoms with Crippen LogP contribution < -0.4 is 10.2 Å². The summed E-state index contributed by atoms with van der Waals surface area (Å²) >= 11 is 3.58. The van der Waals surface area contributed by atoms with E-state index in [0.29, 0.717) is 12.1 Å². The van der Waals surface area contributed by atoms with Gasteiger partial charge in [-0.3, -0.25) is 0 Å². The SMILES string of the molecule is CCC1CNC(C)CN1c1c(C)cc(Br)cc1C. The van der Waals surface area contributed by atoms with Crippen molar-refractivity contribution in [2.45, 2.75) is 46.2 Å². The molecule has 2 rings (SSSR count). The standard InChI is InChI=1S/C15H23BrN2/c1-5-14-8-17-12(4)9-18(14)15-10(2)6-13(16)7-11(15)3/h6-7,12,14,17H,5,8-9H2,1-4H3. The van der Waals surface area contributed by atoms with Crippen molar-refractivity contribution in [3.63, 3.8) is 0 Å². The van der Waals surface area contributed by atoms with Gasteiger partial charge in [-0.2, -0.15) is 0 Å². The summed E-state index contributed by atoms with van der Waals surface area (Å²) in [5, 5.41) is 3.58. The predicted molar refractivity (Wildman–Crippen MR) is 82.5 cm³/mol. The van der Waals surface area contributed by atoms with Gasteiger partial charge in [-0.25, -0.2) is 0 Å². The molecule has 3 heteroatoms. The zero-order chi connectivity index (χ0) is 13.3. The monoisotopic (exact) mass is 310 g/mol. The molecule has 0 aliphatic carbocycles. The van der Waals surface area contributed by atoms with Crippen LogP contribution in [0.25, 0.3) is 0 Å². The molecule has 1 aromatic carbocycles. The number of piperazine rings is 1. The van der Waals surface area contributed by atoms with Crippen molar-refractivity contribution in [2.75, 3.05) is 18.0 Å². The van der Waals surface area contributed by atoms with Gasteiger partial charge in [-0.05, 0) is 50.5 Å². The lowest BCUT2D eigenvalue weighted by atomic mass is 10.0. The van der Waals surface area contributed by atoms with E-state index in [1.54, 1.807) is 0 Å². The molecule has 1 aliphatic heterocycles. The van der Waals surface area contributed by atoms with E-state index in [-0.39, 0.29) is 0 Å². The lowest BCUT2D eigenvalue weighted by Crippen LogP contribution is -2.55. The summed E-state index contributed by atoms with van der Waals surface area (Å²) in [7, 11) is 0. The molecule has 0 bridgehead atoms. The van der Waals surface area contributed by atoms with Crippen LogP contribution in [0.5, 0.6) is 0 Å². The molecular formula is C15H23BrN2. The summed E-state index contributed by atoms with van der Waals surface area (Å²) in [6, 6.07) is 5.62. The van der Waals surface area contributed by atoms with E-state index in [2.05, 4.69) is 66.0 Å². The maximum absolute atomic E-state index is 3.58. The molecule has 0 spiro atoms. The van der Waals surface area contributed by atoms with Crippen molar-refractivity contribution in [3.8, 4) is 0 Å². The van der Waals surface area contributed by atoms with E-state index >= 15 is 0 Å². The molecule has 0 amide bonds. The average Bonchev–Trinajstić information content (AvgIpc) is 2.28. The number of aryl methyl sites for hydroxylation is 2. The Kier molecular flexibility index (Phi) is 4.33. The van der Waals surface area contributed by atoms with Gasteiger partial charge in [0, 0.05) is 35.3 Å². The summed E-state index contributed by atoms with van der Waals surface area (Å²) in [6.45, 7) is 11.2. The fraction of sp³-hybridized carbons (Fsp3) is 0.600. The average molecular weight is 311 g/mol. The molecule has 0 saturated carbocycles. The van der Waals surface area contributed by atoms with Crippen molar-refractivity contribution < 1.29 is 0 Å². The van der Waals surface area contributed by atoms with E-state index in [4.69, 9.17) is 0 Å². The minimum Gasteiger partial charge on any atom is -0.365 e. The van der Waals surface area contributed by atoms with Gasteiger partial charge in [0.2, 0.25) is 0 Å². The second-order valence-electron chi connectivity index (χ2n) is 5.41. The van der Waals surface area contributed by atoms with Gasteiger partial charge >= 0.3 is 0 Å². The molecular weight excluding hydrogens is 288 g/mol. The van der Waals surface area contributed by atoms with Crippen LogP contribution in [0, 0.1) is 13.8 Å². The third-order valence-electron chi connectivity index (χ3n) is 3.83. The number of nitrogens with one attached hydrogen (secondary N) is 1. The summed E-state index contributed by atoms with van der Waals surface area (Å²) in [6.07, 6.45) is 1.19. The van der Waals surface area contributed by atoms with Crippen molar-refractivity contribution in [3.05, 3.63) is 27.7 Å². The van der Waals surface area contributed by atoms with Gasteiger partial charge in [-0.1, -0.05) is 22.9 Å². The molecule has 18 heavy (non-hydrogen) atoms. The Morgan fingerprint density at radius 2 is 1.94 bits per heavy atom. The molecule has 0 radical (unpaired) electrons. The van der Waals surface area contributed by atoms with Gasteiger partial charge in [0.05, 0.1) is 0 Å². The second-order valence-corrected chi connectivity index (χ2v) is 6.33. The molecule has 1 aliphatic rings. The molecule has 2 unspecified atom stereocenters. The fourth-order valence-corrected chi connectivity index (χ4v) is 3.64. The predicted octanol–water partition coefficient (Wildman–Crippen LogP) is 3.64. The molecule has 1 saturated heterocycles. The van der Waals surface area contributed by atoms with Crippen molar-refractivity contribution in [1.29, 1.82) is 0 Å². The van der Waals surface area contributed by atoms with Crippen LogP contribution in [0.15, 0.2) is 16.6 Å². The zero-order valence-electron chi connectivity index (χ0n) is 11.8. The first-order chi connectivity index (χ1) is 8.52. The third kappa shape index (κ3) is 2.72. The number of benzene rings is 1. The topological polar surface area (TPSA) is 15.3 Å². The first kappa shape index (κ1) is 13.9. The minimum absolute atomic E-state index is 0.565. The summed E-state index contributed by atoms with van der Waals surface area (Å²) in [5.74, 6) is 0. The normalized spacial score (nSPS) is 24.4. The lowest BCUT2D eigenvalue weighted by Gasteiger charge is -2.42. The molecule has 2 nitrogen and oxygen atoms in total. The first-order valence-corrected chi connectivity index (χ1v) is 7.59. The Morgan fingerprint density at radius 1 is 1.33 bits per heavy atom. The summed E-state index contributed by atoms with van der Waals surface area (Å²) in [5.41, 5.74) is 4.17. The van der Waals surface area contributed by atoms with Gasteiger partial charge in [-0.15, -0.1) is 0 Å². The van der Waals surface area contributed by atoms with Crippen LogP contribution >= 0.6 is 15.9 Å². The maximum atomic E-state index is 3.58. The largest absolute Gasteiger partial charge is 0.365 e. The highest BCUT2D eigenvalue weighted by Gasteiger charge is 2.26. The highest BCUT2D eigenvalue weighted by molar-refractivity contribution is 9.10. The van der Waals surface area contributed by atoms with E-state index in [9.17, 15) is 0 Å². The Hall–Kier alpha value is -0.540. The number of anilines is 1. The molecule has 100 valence electrons. The second kappa shape index (κ2) is 5.62. The van der Waals surface area contributed by atoms with Crippen molar-refractivity contribution in [1.82, 2.24) is 5.32 Å². The van der Waals surface area contributed by atoms with E-state index in [1.165, 1.54) is 27.7 Å². The van der Waals surface area contributed by atoms with Crippen LogP contribution in [-0.4, -0.2) is 25.2 Å². The summed E-state index contributed by atoms with van der Waals surface area (Å²) in [4.78, 5) is 2.60. The van der Waals surface area contributed by atoms with Crippen molar-refractivity contribution in [2.24, 2.45) is 0 Å². The molecule has 1 N–H and O–H groups in total. The van der Waals surface area contributed by atoms with Gasteiger partial charge in [0.15, 0.2) is 0 Å². The number of hydrogen-bond acceptors (Lipinski definition) is 2. The van der Waals surface area contributed by atoms with Gasteiger partial charge < -0.3 is 10.2 Å². The molecule has 1 aromatic rings. The van der Waals surface area contributed by atoms with Crippen LogP contribution in [0.1, 0.15) is 31.4 Å². The highest BCUT2D eigenvalue weighted by Crippen LogP contribution is 2.31. The molecule has 1 heterocycles. The Bertz CT molecular complexity index is 407. The van der Waals surface area contributed by atoms with E-state index in [0.717, 1.165) is 13.1 Å². The minimum atomic E-state index is 0.565. The quantitative estimate of drug-likeness (QED) is 0.897. The fourth-order valence-electron chi connectivity index (χ4n) is 2.95. The van der Waals surface area contributed by atoms with Crippen LogP contribution in [0.4, 0.5) is 5.69 Å². The van der Waals surface area contributed by atoms with Crippen LogP contribution in [0.2, 0.25) is 0 Å². The summed E-state index contributed by atoms with van der Waals surface area (Å²) < 4.78 is 1.18. The Morgan fingerprint density at radius 3 is 2.50 bits per heavy atom. The zero-order valence-corrected chi connectivity index (χ0v) is 13.3.